The molecule has 0 bridgehead atoms. The van der Waals surface area contributed by atoms with E-state index in [1.165, 1.54) is 12.1 Å². The first-order valence-electron chi connectivity index (χ1n) is 10.3. The van der Waals surface area contributed by atoms with E-state index in [2.05, 4.69) is 25.3 Å². The number of halogens is 3. The van der Waals surface area contributed by atoms with Crippen LogP contribution in [0, 0.1) is 0 Å². The third-order valence-electron chi connectivity index (χ3n) is 5.22. The van der Waals surface area contributed by atoms with Gasteiger partial charge in [0, 0.05) is 52.2 Å². The van der Waals surface area contributed by atoms with Gasteiger partial charge in [0.1, 0.15) is 11.5 Å². The molecule has 12 heteroatoms. The largest absolute Gasteiger partial charge is 0.433 e. The Bertz CT molecular complexity index is 1110. The summed E-state index contributed by atoms with van der Waals surface area (Å²) in [5.74, 6) is 1.43. The first kappa shape index (κ1) is 22.4. The van der Waals surface area contributed by atoms with Crippen molar-refractivity contribution >= 4 is 23.5 Å². The zero-order valence-corrected chi connectivity index (χ0v) is 18.1. The number of hydrogen-bond donors (Lipinski definition) is 1. The number of piperazine rings is 1. The van der Waals surface area contributed by atoms with Crippen molar-refractivity contribution in [3.8, 4) is 5.69 Å². The number of amides is 2. The lowest BCUT2D eigenvalue weighted by Gasteiger charge is -2.35. The lowest BCUT2D eigenvalue weighted by molar-refractivity contribution is -0.142. The molecule has 0 spiro atoms. The van der Waals surface area contributed by atoms with Crippen LogP contribution in [0.4, 0.5) is 35.4 Å². The first-order valence-corrected chi connectivity index (χ1v) is 10.3. The number of anilines is 3. The van der Waals surface area contributed by atoms with Gasteiger partial charge in [0.05, 0.1) is 11.9 Å². The van der Waals surface area contributed by atoms with Crippen LogP contribution in [-0.4, -0.2) is 71.0 Å². The molecule has 3 heterocycles. The van der Waals surface area contributed by atoms with Crippen LogP contribution in [0.3, 0.4) is 0 Å². The van der Waals surface area contributed by atoms with Crippen LogP contribution in [0.1, 0.15) is 5.69 Å². The number of rotatable bonds is 4. The highest BCUT2D eigenvalue weighted by Gasteiger charge is 2.35. The number of nitrogens with zero attached hydrogens (tertiary/aromatic N) is 7. The van der Waals surface area contributed by atoms with Crippen molar-refractivity contribution in [1.82, 2.24) is 24.6 Å². The molecule has 0 saturated carbocycles. The predicted octanol–water partition coefficient (Wildman–Crippen LogP) is 3.10. The monoisotopic (exact) mass is 460 g/mol. The summed E-state index contributed by atoms with van der Waals surface area (Å²) in [5.41, 5.74) is -0.127. The normalized spacial score (nSPS) is 14.3. The lowest BCUT2D eigenvalue weighted by atomic mass is 10.2. The molecule has 0 radical (unpaired) electrons. The molecule has 0 atom stereocenters. The minimum Gasteiger partial charge on any atom is -0.353 e. The summed E-state index contributed by atoms with van der Waals surface area (Å²) in [6, 6.07) is 8.55. The number of carbonyl (C=O) groups excluding carboxylic acids is 1. The van der Waals surface area contributed by atoms with E-state index in [4.69, 9.17) is 0 Å². The molecule has 2 aromatic heterocycles. The first-order chi connectivity index (χ1) is 15.7. The minimum absolute atomic E-state index is 0.251. The summed E-state index contributed by atoms with van der Waals surface area (Å²) in [6.45, 7) is 2.26. The summed E-state index contributed by atoms with van der Waals surface area (Å²) in [6.07, 6.45) is -1.70. The Balaban J connectivity index is 1.35. The molecule has 1 aliphatic rings. The van der Waals surface area contributed by atoms with Crippen molar-refractivity contribution in [3.63, 3.8) is 0 Å². The number of nitrogens with one attached hydrogen (secondary N) is 1. The summed E-state index contributed by atoms with van der Waals surface area (Å²) >= 11 is 0. The number of carbonyl (C=O) groups is 1. The van der Waals surface area contributed by atoms with Crippen molar-refractivity contribution in [2.24, 2.45) is 0 Å². The summed E-state index contributed by atoms with van der Waals surface area (Å²) in [5, 5.41) is 6.54. The molecule has 1 fully saturated rings. The molecule has 1 N–H and O–H groups in total. The van der Waals surface area contributed by atoms with Crippen molar-refractivity contribution in [2.75, 3.05) is 55.4 Å². The smallest absolute Gasteiger partial charge is 0.353 e. The maximum atomic E-state index is 13.1. The topological polar surface area (TPSA) is 82.4 Å². The van der Waals surface area contributed by atoms with E-state index in [9.17, 15) is 18.0 Å². The molecule has 1 saturated heterocycles. The molecule has 1 aromatic carbocycles. The maximum Gasteiger partial charge on any atom is 0.433 e. The molecule has 0 unspecified atom stereocenters. The summed E-state index contributed by atoms with van der Waals surface area (Å²) in [4.78, 5) is 27.0. The minimum atomic E-state index is -4.51. The number of benzene rings is 1. The van der Waals surface area contributed by atoms with Crippen LogP contribution in [0.15, 0.2) is 48.8 Å². The summed E-state index contributed by atoms with van der Waals surface area (Å²) < 4.78 is 40.1. The second-order valence-electron chi connectivity index (χ2n) is 7.69. The van der Waals surface area contributed by atoms with E-state index < -0.39 is 11.9 Å². The van der Waals surface area contributed by atoms with Gasteiger partial charge in [0.15, 0.2) is 0 Å². The molecule has 3 aromatic rings. The van der Waals surface area contributed by atoms with Crippen LogP contribution in [0.25, 0.3) is 5.69 Å². The van der Waals surface area contributed by atoms with E-state index >= 15 is 0 Å². The SMILES string of the molecule is CN(C)c1nccc(N2CCN(C(=O)Nc3ccc(-n4nccc4C(F)(F)F)cc3)CC2)n1. The number of urea groups is 1. The molecule has 4 rings (SSSR count). The Morgan fingerprint density at radius 2 is 1.70 bits per heavy atom. The van der Waals surface area contributed by atoms with Crippen LogP contribution in [0.2, 0.25) is 0 Å². The third-order valence-corrected chi connectivity index (χ3v) is 5.22. The fraction of sp³-hybridized carbons (Fsp3) is 0.333. The third kappa shape index (κ3) is 4.99. The van der Waals surface area contributed by atoms with Gasteiger partial charge >= 0.3 is 12.2 Å². The van der Waals surface area contributed by atoms with Gasteiger partial charge in [-0.3, -0.25) is 0 Å². The highest BCUT2D eigenvalue weighted by Crippen LogP contribution is 2.30. The second kappa shape index (κ2) is 8.96. The highest BCUT2D eigenvalue weighted by molar-refractivity contribution is 5.89. The number of aromatic nitrogens is 4. The molecule has 33 heavy (non-hydrogen) atoms. The molecule has 1 aliphatic heterocycles. The molecule has 0 aliphatic carbocycles. The standard InChI is InChI=1S/C21H23F3N8O/c1-29(2)19-25-9-8-18(28-19)30-11-13-31(14-12-30)20(33)27-15-3-5-16(6-4-15)32-17(7-10-26-32)21(22,23)24/h3-10H,11-14H2,1-2H3,(H,27,33). The molecular formula is C21H23F3N8O. The molecule has 9 nitrogen and oxygen atoms in total. The zero-order chi connectivity index (χ0) is 23.6. The second-order valence-corrected chi connectivity index (χ2v) is 7.69. The van der Waals surface area contributed by atoms with Crippen LogP contribution < -0.4 is 15.1 Å². The highest BCUT2D eigenvalue weighted by atomic mass is 19.4. The van der Waals surface area contributed by atoms with Gasteiger partial charge in [-0.2, -0.15) is 23.3 Å². The van der Waals surface area contributed by atoms with Gasteiger partial charge in [-0.05, 0) is 36.4 Å². The Labute approximate surface area is 188 Å². The van der Waals surface area contributed by atoms with Gasteiger partial charge in [-0.1, -0.05) is 0 Å². The Morgan fingerprint density at radius 1 is 1.00 bits per heavy atom. The fourth-order valence-corrected chi connectivity index (χ4v) is 3.48. The fourth-order valence-electron chi connectivity index (χ4n) is 3.48. The van der Waals surface area contributed by atoms with Crippen molar-refractivity contribution in [3.05, 3.63) is 54.5 Å². The van der Waals surface area contributed by atoms with E-state index in [1.54, 1.807) is 23.2 Å². The average Bonchev–Trinajstić information content (AvgIpc) is 3.30. The van der Waals surface area contributed by atoms with Crippen molar-refractivity contribution in [2.45, 2.75) is 6.18 Å². The van der Waals surface area contributed by atoms with Gasteiger partial charge in [-0.25, -0.2) is 14.5 Å². The van der Waals surface area contributed by atoms with Gasteiger partial charge in [-0.15, -0.1) is 0 Å². The predicted molar refractivity (Wildman–Crippen MR) is 118 cm³/mol. The Hall–Kier alpha value is -3.83. The van der Waals surface area contributed by atoms with E-state index in [0.717, 1.165) is 22.8 Å². The van der Waals surface area contributed by atoms with E-state index in [1.807, 2.05) is 25.1 Å². The number of alkyl halides is 3. The average molecular weight is 460 g/mol. The van der Waals surface area contributed by atoms with Crippen LogP contribution in [-0.2, 0) is 6.18 Å². The van der Waals surface area contributed by atoms with Crippen molar-refractivity contribution < 1.29 is 18.0 Å². The Morgan fingerprint density at radius 3 is 2.33 bits per heavy atom. The Kier molecular flexibility index (Phi) is 6.07. The maximum absolute atomic E-state index is 13.1. The van der Waals surface area contributed by atoms with Crippen molar-refractivity contribution in [1.29, 1.82) is 0 Å². The van der Waals surface area contributed by atoms with E-state index in [-0.39, 0.29) is 11.7 Å². The van der Waals surface area contributed by atoms with Crippen LogP contribution in [0.5, 0.6) is 0 Å². The molecule has 2 amide bonds. The molecule has 174 valence electrons. The van der Waals surface area contributed by atoms with Crippen LogP contribution >= 0.6 is 0 Å². The van der Waals surface area contributed by atoms with E-state index in [0.29, 0.717) is 37.8 Å². The lowest BCUT2D eigenvalue weighted by Crippen LogP contribution is -2.50. The quantitative estimate of drug-likeness (QED) is 0.645. The number of hydrogen-bond acceptors (Lipinski definition) is 6. The van der Waals surface area contributed by atoms with Gasteiger partial charge in [0.25, 0.3) is 0 Å². The summed E-state index contributed by atoms with van der Waals surface area (Å²) in [7, 11) is 3.75. The zero-order valence-electron chi connectivity index (χ0n) is 18.1. The van der Waals surface area contributed by atoms with Gasteiger partial charge < -0.3 is 20.0 Å². The molecular weight excluding hydrogens is 437 g/mol. The van der Waals surface area contributed by atoms with Gasteiger partial charge in [0.2, 0.25) is 5.95 Å².